The molecule has 0 saturated carbocycles. The van der Waals surface area contributed by atoms with Gasteiger partial charge in [-0.1, -0.05) is 61.5 Å². The van der Waals surface area contributed by atoms with Crippen molar-refractivity contribution in [3.05, 3.63) is 82.1 Å². The van der Waals surface area contributed by atoms with Gasteiger partial charge in [0, 0.05) is 24.3 Å². The third-order valence-corrected chi connectivity index (χ3v) is 8.81. The molecule has 1 fully saturated rings. The van der Waals surface area contributed by atoms with Crippen LogP contribution in [0, 0.1) is 5.41 Å². The fourth-order valence-electron chi connectivity index (χ4n) is 6.25. The summed E-state index contributed by atoms with van der Waals surface area (Å²) in [6.45, 7) is 0.517. The summed E-state index contributed by atoms with van der Waals surface area (Å²) in [6, 6.07) is 13.5. The molecule has 1 aliphatic heterocycles. The van der Waals surface area contributed by atoms with Crippen molar-refractivity contribution >= 4 is 33.6 Å². The molecule has 2 heterocycles. The minimum absolute atomic E-state index is 0.0153. The number of hydrogen-bond acceptors (Lipinski definition) is 4. The van der Waals surface area contributed by atoms with E-state index in [2.05, 4.69) is 5.32 Å². The molecular formula is C33H31F6N3O4. The van der Waals surface area contributed by atoms with Gasteiger partial charge in [-0.2, -0.15) is 26.3 Å². The predicted octanol–water partition coefficient (Wildman–Crippen LogP) is 6.15. The first-order valence-electron chi connectivity index (χ1n) is 14.5. The van der Waals surface area contributed by atoms with E-state index in [1.807, 2.05) is 0 Å². The highest BCUT2D eigenvalue weighted by molar-refractivity contribution is 6.02. The lowest BCUT2D eigenvalue weighted by molar-refractivity contribution is -0.154. The second-order valence-corrected chi connectivity index (χ2v) is 12.0. The summed E-state index contributed by atoms with van der Waals surface area (Å²) in [7, 11) is 1.39. The van der Waals surface area contributed by atoms with Gasteiger partial charge in [-0.25, -0.2) is 4.79 Å². The van der Waals surface area contributed by atoms with E-state index in [1.54, 1.807) is 37.3 Å². The number of aromatic nitrogens is 1. The molecule has 1 atom stereocenters. The Kier molecular flexibility index (Phi) is 8.67. The van der Waals surface area contributed by atoms with Crippen LogP contribution in [0.5, 0.6) is 0 Å². The first-order chi connectivity index (χ1) is 21.5. The fourth-order valence-corrected chi connectivity index (χ4v) is 6.25. The number of fused-ring (bicyclic) bond motifs is 2. The van der Waals surface area contributed by atoms with Crippen molar-refractivity contribution in [1.29, 1.82) is 0 Å². The molecule has 13 heteroatoms. The normalized spacial score (nSPS) is 16.4. The molecular weight excluding hydrogens is 616 g/mol. The van der Waals surface area contributed by atoms with Gasteiger partial charge in [0.1, 0.15) is 6.04 Å². The average molecular weight is 648 g/mol. The number of aryl methyl sites for hydroxylation is 1. The summed E-state index contributed by atoms with van der Waals surface area (Å²) < 4.78 is 83.4. The highest BCUT2D eigenvalue weighted by atomic mass is 19.4. The lowest BCUT2D eigenvalue weighted by atomic mass is 9.79. The summed E-state index contributed by atoms with van der Waals surface area (Å²) in [5, 5.41) is 13.1. The molecule has 0 radical (unpaired) electrons. The number of alkyl halides is 6. The number of para-hydroxylation sites is 1. The van der Waals surface area contributed by atoms with Crippen molar-refractivity contribution in [1.82, 2.24) is 14.8 Å². The molecule has 1 amide bonds. The number of amides is 1. The van der Waals surface area contributed by atoms with Gasteiger partial charge in [-0.05, 0) is 53.9 Å². The molecule has 1 aromatic heterocycles. The molecule has 244 valence electrons. The maximum Gasteiger partial charge on any atom is 0.417 e. The number of nitrogens with zero attached hydrogens (tertiary/aromatic N) is 2. The molecule has 1 aliphatic rings. The van der Waals surface area contributed by atoms with E-state index in [4.69, 9.17) is 0 Å². The summed E-state index contributed by atoms with van der Waals surface area (Å²) in [6.07, 6.45) is -9.29. The summed E-state index contributed by atoms with van der Waals surface area (Å²) in [5.41, 5.74) is -3.02. The van der Waals surface area contributed by atoms with Gasteiger partial charge in [-0.3, -0.25) is 14.5 Å². The number of carboxylic acids is 1. The molecule has 7 nitrogen and oxygen atoms in total. The van der Waals surface area contributed by atoms with Crippen LogP contribution in [0.25, 0.3) is 32.8 Å². The van der Waals surface area contributed by atoms with E-state index >= 15 is 0 Å². The van der Waals surface area contributed by atoms with Gasteiger partial charge in [0.25, 0.3) is 5.56 Å². The summed E-state index contributed by atoms with van der Waals surface area (Å²) in [4.78, 5) is 40.3. The number of nitrogens with one attached hydrogen (secondary N) is 1. The van der Waals surface area contributed by atoms with Crippen molar-refractivity contribution in [2.75, 3.05) is 19.6 Å². The first kappa shape index (κ1) is 33.0. The summed E-state index contributed by atoms with van der Waals surface area (Å²) >= 11 is 0. The Bertz CT molecular complexity index is 1870. The summed E-state index contributed by atoms with van der Waals surface area (Å²) in [5.74, 6) is -1.97. The van der Waals surface area contributed by atoms with Crippen molar-refractivity contribution < 1.29 is 41.0 Å². The number of rotatable bonds is 7. The Balaban J connectivity index is 1.50. The van der Waals surface area contributed by atoms with Crippen molar-refractivity contribution in [3.63, 3.8) is 0 Å². The SMILES string of the molecule is Cn1c(=O)c(-c2cccc3c(C[C@H](NC(=O)C4(C)CCN(CC(F)(F)F)CC4)C(=O)O)cccc23)c(C(F)(F)F)c2ccccc21. The zero-order valence-corrected chi connectivity index (χ0v) is 24.9. The molecule has 3 aromatic carbocycles. The number of carbonyl (C=O) groups is 2. The zero-order chi connectivity index (χ0) is 33.6. The molecule has 46 heavy (non-hydrogen) atoms. The van der Waals surface area contributed by atoms with Crippen LogP contribution in [-0.4, -0.2) is 58.3 Å². The van der Waals surface area contributed by atoms with E-state index in [1.165, 1.54) is 42.3 Å². The van der Waals surface area contributed by atoms with E-state index in [9.17, 15) is 45.8 Å². The number of halogens is 6. The van der Waals surface area contributed by atoms with Gasteiger partial charge in [0.15, 0.2) is 0 Å². The second-order valence-electron chi connectivity index (χ2n) is 12.0. The van der Waals surface area contributed by atoms with E-state index in [0.29, 0.717) is 10.9 Å². The smallest absolute Gasteiger partial charge is 0.417 e. The van der Waals surface area contributed by atoms with Crippen LogP contribution in [0.3, 0.4) is 0 Å². The molecule has 0 spiro atoms. The number of pyridine rings is 1. The Hall–Kier alpha value is -4.39. The monoisotopic (exact) mass is 647 g/mol. The largest absolute Gasteiger partial charge is 0.480 e. The third kappa shape index (κ3) is 6.46. The number of benzene rings is 3. The quantitative estimate of drug-likeness (QED) is 0.235. The van der Waals surface area contributed by atoms with E-state index in [-0.39, 0.29) is 54.2 Å². The number of hydrogen-bond donors (Lipinski definition) is 2. The molecule has 5 rings (SSSR count). The lowest BCUT2D eigenvalue weighted by Gasteiger charge is -2.38. The Morgan fingerprint density at radius 2 is 1.52 bits per heavy atom. The maximum atomic E-state index is 14.6. The second kappa shape index (κ2) is 12.1. The van der Waals surface area contributed by atoms with Crippen LogP contribution in [0.2, 0.25) is 0 Å². The number of likely N-dealkylation sites (tertiary alicyclic amines) is 1. The van der Waals surface area contributed by atoms with Crippen LogP contribution in [-0.2, 0) is 29.2 Å². The number of piperidine rings is 1. The van der Waals surface area contributed by atoms with Crippen LogP contribution < -0.4 is 10.9 Å². The van der Waals surface area contributed by atoms with E-state index in [0.717, 1.165) is 4.57 Å². The molecule has 4 aromatic rings. The minimum atomic E-state index is -4.88. The molecule has 0 aliphatic carbocycles. The molecule has 2 N–H and O–H groups in total. The zero-order valence-electron chi connectivity index (χ0n) is 24.9. The van der Waals surface area contributed by atoms with Gasteiger partial charge in [0.2, 0.25) is 5.91 Å². The molecule has 1 saturated heterocycles. The Morgan fingerprint density at radius 3 is 2.15 bits per heavy atom. The standard InChI is InChI=1S/C33H31F6N3O4/c1-31(13-15-42(16-14-31)18-32(34,35)36)30(46)40-24(29(44)45)17-19-7-5-10-21-20(19)9-6-11-22(21)26-27(33(37,38)39)23-8-3-4-12-25(23)41(2)28(26)43/h3-12,24H,13-18H2,1-2H3,(H,40,46)(H,44,45)/t24-/m0/s1. The first-order valence-corrected chi connectivity index (χ1v) is 14.5. The van der Waals surface area contributed by atoms with Gasteiger partial charge in [-0.15, -0.1) is 0 Å². The van der Waals surface area contributed by atoms with Gasteiger partial charge in [0.05, 0.1) is 23.2 Å². The van der Waals surface area contributed by atoms with Crippen molar-refractivity contribution in [3.8, 4) is 11.1 Å². The van der Waals surface area contributed by atoms with Crippen molar-refractivity contribution in [2.45, 2.75) is 44.6 Å². The van der Waals surface area contributed by atoms with Gasteiger partial charge < -0.3 is 15.0 Å². The fraction of sp³-hybridized carbons (Fsp3) is 0.364. The van der Waals surface area contributed by atoms with Crippen molar-refractivity contribution in [2.24, 2.45) is 12.5 Å². The molecule has 0 unspecified atom stereocenters. The van der Waals surface area contributed by atoms with Crippen LogP contribution in [0.1, 0.15) is 30.9 Å². The highest BCUT2D eigenvalue weighted by Gasteiger charge is 2.41. The van der Waals surface area contributed by atoms with Crippen LogP contribution >= 0.6 is 0 Å². The number of carboxylic acid groups (broad SMARTS) is 1. The van der Waals surface area contributed by atoms with Gasteiger partial charge >= 0.3 is 18.3 Å². The molecule has 0 bridgehead atoms. The minimum Gasteiger partial charge on any atom is -0.480 e. The highest BCUT2D eigenvalue weighted by Crippen LogP contribution is 2.42. The van der Waals surface area contributed by atoms with Crippen LogP contribution in [0.15, 0.2) is 65.5 Å². The third-order valence-electron chi connectivity index (χ3n) is 8.81. The van der Waals surface area contributed by atoms with Crippen LogP contribution in [0.4, 0.5) is 26.3 Å². The Morgan fingerprint density at radius 1 is 0.913 bits per heavy atom. The average Bonchev–Trinajstić information content (AvgIpc) is 2.98. The lowest BCUT2D eigenvalue weighted by Crippen LogP contribution is -2.53. The Labute approximate surface area is 259 Å². The topological polar surface area (TPSA) is 91.6 Å². The maximum absolute atomic E-state index is 14.6. The predicted molar refractivity (Wildman–Crippen MR) is 160 cm³/mol. The number of carbonyl (C=O) groups excluding carboxylic acids is 1. The number of aliphatic carboxylic acids is 1. The van der Waals surface area contributed by atoms with E-state index < -0.39 is 58.9 Å².